The molecule has 0 bridgehead atoms. The minimum Gasteiger partial charge on any atom is -0.462 e. The standard InChI is InChI=1S/C52H100O6/c1-6-7-8-9-10-11-21-27-32-37-42-50(53)56-45-49(46-57-51(54)43-38-33-28-24-23-26-31-36-41-48(4)5)58-52(55)44-39-34-29-22-19-17-15-13-12-14-16-18-20-25-30-35-40-47(2)3/h47-49H,6-46H2,1-5H3/t49-/m1/s1. The zero-order valence-electron chi connectivity index (χ0n) is 39.7. The van der Waals surface area contributed by atoms with Crippen LogP contribution in [0, 0.1) is 11.8 Å². The summed E-state index contributed by atoms with van der Waals surface area (Å²) in [6.07, 6.45) is 45.2. The highest BCUT2D eigenvalue weighted by Gasteiger charge is 2.19. The molecule has 6 nitrogen and oxygen atoms in total. The summed E-state index contributed by atoms with van der Waals surface area (Å²) in [5, 5.41) is 0. The minimum atomic E-state index is -0.761. The van der Waals surface area contributed by atoms with Crippen LogP contribution in [-0.4, -0.2) is 37.2 Å². The van der Waals surface area contributed by atoms with E-state index in [-0.39, 0.29) is 31.1 Å². The molecule has 0 aromatic carbocycles. The molecule has 0 heterocycles. The Bertz CT molecular complexity index is 885. The van der Waals surface area contributed by atoms with Gasteiger partial charge < -0.3 is 14.2 Å². The number of hydrogen-bond donors (Lipinski definition) is 0. The van der Waals surface area contributed by atoms with Gasteiger partial charge >= 0.3 is 17.9 Å². The fraction of sp³-hybridized carbons (Fsp3) is 0.942. The quantitative estimate of drug-likeness (QED) is 0.0346. The molecule has 0 aromatic heterocycles. The van der Waals surface area contributed by atoms with Gasteiger partial charge in [-0.15, -0.1) is 0 Å². The smallest absolute Gasteiger partial charge is 0.306 e. The Labute approximate surface area is 361 Å². The summed E-state index contributed by atoms with van der Waals surface area (Å²) in [4.78, 5) is 37.8. The van der Waals surface area contributed by atoms with Crippen LogP contribution in [0.4, 0.5) is 0 Å². The fourth-order valence-electron chi connectivity index (χ4n) is 7.81. The average Bonchev–Trinajstić information content (AvgIpc) is 3.19. The zero-order chi connectivity index (χ0) is 42.6. The summed E-state index contributed by atoms with van der Waals surface area (Å²) in [6, 6.07) is 0. The molecule has 0 rings (SSSR count). The lowest BCUT2D eigenvalue weighted by Crippen LogP contribution is -2.30. The third-order valence-corrected chi connectivity index (χ3v) is 11.7. The van der Waals surface area contributed by atoms with Crippen molar-refractivity contribution in [3.8, 4) is 0 Å². The Balaban J connectivity index is 4.25. The van der Waals surface area contributed by atoms with Gasteiger partial charge in [0.25, 0.3) is 0 Å². The lowest BCUT2D eigenvalue weighted by atomic mass is 10.0. The lowest BCUT2D eigenvalue weighted by molar-refractivity contribution is -0.167. The number of hydrogen-bond acceptors (Lipinski definition) is 6. The normalized spacial score (nSPS) is 12.1. The monoisotopic (exact) mass is 821 g/mol. The first-order valence-electron chi connectivity index (χ1n) is 25.7. The first-order valence-corrected chi connectivity index (χ1v) is 25.7. The summed E-state index contributed by atoms with van der Waals surface area (Å²) < 4.78 is 16.8. The first kappa shape index (κ1) is 56.4. The zero-order valence-corrected chi connectivity index (χ0v) is 39.7. The summed E-state index contributed by atoms with van der Waals surface area (Å²) in [5.41, 5.74) is 0. The molecule has 0 aliphatic rings. The van der Waals surface area contributed by atoms with E-state index in [1.165, 1.54) is 173 Å². The predicted octanol–water partition coefficient (Wildman–Crippen LogP) is 16.5. The summed E-state index contributed by atoms with van der Waals surface area (Å²) in [6.45, 7) is 11.3. The van der Waals surface area contributed by atoms with E-state index in [0.29, 0.717) is 19.3 Å². The van der Waals surface area contributed by atoms with Crippen molar-refractivity contribution in [2.75, 3.05) is 13.2 Å². The van der Waals surface area contributed by atoms with Crippen molar-refractivity contribution in [1.82, 2.24) is 0 Å². The van der Waals surface area contributed by atoms with E-state index in [1.54, 1.807) is 0 Å². The van der Waals surface area contributed by atoms with Gasteiger partial charge in [0.1, 0.15) is 13.2 Å². The molecule has 0 fully saturated rings. The average molecular weight is 821 g/mol. The van der Waals surface area contributed by atoms with Crippen LogP contribution >= 0.6 is 0 Å². The fourth-order valence-corrected chi connectivity index (χ4v) is 7.81. The molecule has 0 aromatic rings. The molecular weight excluding hydrogens is 721 g/mol. The van der Waals surface area contributed by atoms with Crippen molar-refractivity contribution in [2.45, 2.75) is 291 Å². The number of carbonyl (C=O) groups excluding carboxylic acids is 3. The Morgan fingerprint density at radius 2 is 0.569 bits per heavy atom. The van der Waals surface area contributed by atoms with Gasteiger partial charge in [-0.3, -0.25) is 14.4 Å². The number of ether oxygens (including phenoxy) is 3. The maximum atomic E-state index is 12.8. The molecule has 0 unspecified atom stereocenters. The van der Waals surface area contributed by atoms with Gasteiger partial charge in [0.15, 0.2) is 6.10 Å². The molecule has 0 spiro atoms. The molecule has 344 valence electrons. The first-order chi connectivity index (χ1) is 28.2. The Morgan fingerprint density at radius 1 is 0.328 bits per heavy atom. The van der Waals surface area contributed by atoms with Crippen LogP contribution in [0.5, 0.6) is 0 Å². The molecule has 0 radical (unpaired) electrons. The molecular formula is C52H100O6. The van der Waals surface area contributed by atoms with Crippen LogP contribution in [0.3, 0.4) is 0 Å². The van der Waals surface area contributed by atoms with Crippen LogP contribution < -0.4 is 0 Å². The van der Waals surface area contributed by atoms with Crippen LogP contribution in [0.2, 0.25) is 0 Å². The SMILES string of the molecule is CCCCCCCCCCCCC(=O)OC[C@H](COC(=O)CCCCCCCCCCC(C)C)OC(=O)CCCCCCCCCCCCCCCCCCC(C)C. The molecule has 0 saturated heterocycles. The Kier molecular flexibility index (Phi) is 43.7. The number of esters is 3. The third kappa shape index (κ3) is 45.5. The van der Waals surface area contributed by atoms with Crippen LogP contribution in [0.1, 0.15) is 285 Å². The summed E-state index contributed by atoms with van der Waals surface area (Å²) in [5.74, 6) is 0.797. The highest BCUT2D eigenvalue weighted by atomic mass is 16.6. The molecule has 0 aliphatic heterocycles. The lowest BCUT2D eigenvalue weighted by Gasteiger charge is -2.18. The second kappa shape index (κ2) is 44.9. The summed E-state index contributed by atoms with van der Waals surface area (Å²) in [7, 11) is 0. The predicted molar refractivity (Wildman–Crippen MR) is 247 cm³/mol. The van der Waals surface area contributed by atoms with Crippen LogP contribution in [-0.2, 0) is 28.6 Å². The number of carbonyl (C=O) groups is 3. The number of unbranched alkanes of at least 4 members (excludes halogenated alkanes) is 31. The van der Waals surface area contributed by atoms with E-state index in [1.807, 2.05) is 0 Å². The number of rotatable bonds is 46. The molecule has 0 amide bonds. The van der Waals surface area contributed by atoms with E-state index < -0.39 is 6.10 Å². The Hall–Kier alpha value is -1.59. The van der Waals surface area contributed by atoms with Crippen molar-refractivity contribution in [3.63, 3.8) is 0 Å². The van der Waals surface area contributed by atoms with Gasteiger partial charge in [-0.2, -0.15) is 0 Å². The summed E-state index contributed by atoms with van der Waals surface area (Å²) >= 11 is 0. The molecule has 1 atom stereocenters. The largest absolute Gasteiger partial charge is 0.462 e. The van der Waals surface area contributed by atoms with Gasteiger partial charge in [-0.1, -0.05) is 247 Å². The van der Waals surface area contributed by atoms with Crippen LogP contribution in [0.15, 0.2) is 0 Å². The molecule has 0 saturated carbocycles. The van der Waals surface area contributed by atoms with E-state index in [4.69, 9.17) is 14.2 Å². The van der Waals surface area contributed by atoms with Gasteiger partial charge in [-0.25, -0.2) is 0 Å². The van der Waals surface area contributed by atoms with Gasteiger partial charge in [0, 0.05) is 19.3 Å². The molecule has 58 heavy (non-hydrogen) atoms. The highest BCUT2D eigenvalue weighted by Crippen LogP contribution is 2.17. The molecule has 0 N–H and O–H groups in total. The second-order valence-electron chi connectivity index (χ2n) is 18.8. The van der Waals surface area contributed by atoms with Crippen LogP contribution in [0.25, 0.3) is 0 Å². The van der Waals surface area contributed by atoms with E-state index in [2.05, 4.69) is 34.6 Å². The van der Waals surface area contributed by atoms with E-state index in [9.17, 15) is 14.4 Å². The van der Waals surface area contributed by atoms with E-state index >= 15 is 0 Å². The van der Waals surface area contributed by atoms with Gasteiger partial charge in [-0.05, 0) is 31.1 Å². The maximum Gasteiger partial charge on any atom is 0.306 e. The highest BCUT2D eigenvalue weighted by molar-refractivity contribution is 5.71. The van der Waals surface area contributed by atoms with Crippen molar-refractivity contribution in [2.24, 2.45) is 11.8 Å². The molecule has 0 aliphatic carbocycles. The maximum absolute atomic E-state index is 12.8. The molecule has 6 heteroatoms. The second-order valence-corrected chi connectivity index (χ2v) is 18.8. The minimum absolute atomic E-state index is 0.0641. The van der Waals surface area contributed by atoms with Crippen molar-refractivity contribution < 1.29 is 28.6 Å². The Morgan fingerprint density at radius 3 is 0.845 bits per heavy atom. The van der Waals surface area contributed by atoms with Gasteiger partial charge in [0.2, 0.25) is 0 Å². The van der Waals surface area contributed by atoms with E-state index in [0.717, 1.165) is 69.6 Å². The van der Waals surface area contributed by atoms with Crippen molar-refractivity contribution in [3.05, 3.63) is 0 Å². The topological polar surface area (TPSA) is 78.9 Å². The van der Waals surface area contributed by atoms with Crippen molar-refractivity contribution >= 4 is 17.9 Å². The third-order valence-electron chi connectivity index (χ3n) is 11.7. The van der Waals surface area contributed by atoms with Gasteiger partial charge in [0.05, 0.1) is 0 Å². The van der Waals surface area contributed by atoms with Crippen molar-refractivity contribution in [1.29, 1.82) is 0 Å².